The maximum Gasteiger partial charge on any atom is 0.303 e. The minimum absolute atomic E-state index is 0.0246. The van der Waals surface area contributed by atoms with Crippen LogP contribution in [-0.4, -0.2) is 51.9 Å². The van der Waals surface area contributed by atoms with Crippen LogP contribution in [0.1, 0.15) is 38.7 Å². The number of benzene rings is 1. The zero-order chi connectivity index (χ0) is 21.1. The summed E-state index contributed by atoms with van der Waals surface area (Å²) in [4.78, 5) is 34.8. The highest BCUT2D eigenvalue weighted by Gasteiger charge is 2.24. The van der Waals surface area contributed by atoms with Crippen molar-refractivity contribution in [2.75, 3.05) is 11.9 Å². The van der Waals surface area contributed by atoms with Gasteiger partial charge in [0.05, 0.1) is 13.2 Å². The Morgan fingerprint density at radius 1 is 1.07 bits per heavy atom. The smallest absolute Gasteiger partial charge is 0.303 e. The average Bonchev–Trinajstić information content (AvgIpc) is 2.64. The topological polar surface area (TPSA) is 148 Å². The molecule has 6 N–H and O–H groups in total. The Hall–Kier alpha value is -2.65. The lowest BCUT2D eigenvalue weighted by atomic mass is 10.0. The van der Waals surface area contributed by atoms with Gasteiger partial charge in [0.25, 0.3) is 0 Å². The molecule has 0 spiro atoms. The van der Waals surface area contributed by atoms with E-state index in [-0.39, 0.29) is 38.3 Å². The van der Waals surface area contributed by atoms with Gasteiger partial charge >= 0.3 is 5.97 Å². The number of carboxylic acid groups (broad SMARTS) is 1. The second-order valence-electron chi connectivity index (χ2n) is 6.80. The number of carbonyl (C=O) groups is 3. The molecular formula is C19H29N3O6. The maximum absolute atomic E-state index is 12.4. The van der Waals surface area contributed by atoms with Gasteiger partial charge in [0.15, 0.2) is 0 Å². The van der Waals surface area contributed by atoms with Crippen LogP contribution in [-0.2, 0) is 21.0 Å². The first-order chi connectivity index (χ1) is 13.2. The van der Waals surface area contributed by atoms with Crippen LogP contribution in [0.5, 0.6) is 0 Å². The monoisotopic (exact) mass is 395 g/mol. The predicted molar refractivity (Wildman–Crippen MR) is 103 cm³/mol. The van der Waals surface area contributed by atoms with Gasteiger partial charge in [0.1, 0.15) is 12.3 Å². The maximum atomic E-state index is 12.4. The van der Waals surface area contributed by atoms with E-state index in [0.717, 1.165) is 5.56 Å². The molecule has 1 rings (SSSR count). The number of carbonyl (C=O) groups excluding carboxylic acids is 2. The van der Waals surface area contributed by atoms with Crippen LogP contribution in [0.2, 0.25) is 0 Å². The van der Waals surface area contributed by atoms with Gasteiger partial charge < -0.3 is 31.3 Å². The highest BCUT2D eigenvalue weighted by atomic mass is 16.4. The van der Waals surface area contributed by atoms with Crippen molar-refractivity contribution in [1.29, 1.82) is 0 Å². The summed E-state index contributed by atoms with van der Waals surface area (Å²) in [5.41, 5.74) is 1.37. The Labute approximate surface area is 164 Å². The number of nitrogens with one attached hydrogen (secondary N) is 3. The van der Waals surface area contributed by atoms with Crippen molar-refractivity contribution in [1.82, 2.24) is 10.6 Å². The first-order valence-electron chi connectivity index (χ1n) is 9.16. The van der Waals surface area contributed by atoms with E-state index in [2.05, 4.69) is 16.0 Å². The molecule has 0 saturated carbocycles. The number of anilines is 1. The average molecular weight is 395 g/mol. The molecule has 0 fully saturated rings. The molecule has 1 aromatic rings. The lowest BCUT2D eigenvalue weighted by molar-refractivity contribution is -0.137. The largest absolute Gasteiger partial charge is 0.481 e. The summed E-state index contributed by atoms with van der Waals surface area (Å²) in [6.07, 6.45) is -0.923. The summed E-state index contributed by atoms with van der Waals surface area (Å²) in [6, 6.07) is 6.04. The number of aliphatic hydroxyl groups excluding tert-OH is 2. The van der Waals surface area contributed by atoms with E-state index in [1.165, 1.54) is 0 Å². The zero-order valence-electron chi connectivity index (χ0n) is 16.1. The molecule has 1 unspecified atom stereocenters. The Morgan fingerprint density at radius 2 is 1.71 bits per heavy atom. The standard InChI is InChI=1S/C19H29N3O6/c1-12(2)18(22-15(24)4-3-5-17(26)27)19(28)20-10-16(25)21-14-8-6-13(11-23)7-9-14/h6-9,12,16,18,21,23,25H,3-5,10-11H2,1-2H3,(H,20,28)(H,22,24)(H,26,27)/t16?,18-/m0/s1. The van der Waals surface area contributed by atoms with Crippen molar-refractivity contribution in [3.05, 3.63) is 29.8 Å². The van der Waals surface area contributed by atoms with Crippen LogP contribution in [0.15, 0.2) is 24.3 Å². The van der Waals surface area contributed by atoms with Crippen LogP contribution in [0.3, 0.4) is 0 Å². The van der Waals surface area contributed by atoms with E-state index in [1.807, 2.05) is 0 Å². The van der Waals surface area contributed by atoms with E-state index in [4.69, 9.17) is 10.2 Å². The summed E-state index contributed by atoms with van der Waals surface area (Å²) in [5.74, 6) is -1.98. The third-order valence-electron chi connectivity index (χ3n) is 4.00. The number of amides is 2. The van der Waals surface area contributed by atoms with Gasteiger partial charge in [-0.15, -0.1) is 0 Å². The molecule has 2 amide bonds. The van der Waals surface area contributed by atoms with Gasteiger partial charge in [-0.3, -0.25) is 14.4 Å². The molecule has 156 valence electrons. The Balaban J connectivity index is 2.47. The van der Waals surface area contributed by atoms with E-state index in [1.54, 1.807) is 38.1 Å². The molecule has 0 bridgehead atoms. The summed E-state index contributed by atoms with van der Waals surface area (Å²) in [5, 5.41) is 35.7. The van der Waals surface area contributed by atoms with Crippen LogP contribution in [0.4, 0.5) is 5.69 Å². The van der Waals surface area contributed by atoms with Crippen LogP contribution < -0.4 is 16.0 Å². The van der Waals surface area contributed by atoms with Gasteiger partial charge in [-0.2, -0.15) is 0 Å². The second kappa shape index (κ2) is 11.9. The minimum atomic E-state index is -1.04. The summed E-state index contributed by atoms with van der Waals surface area (Å²) >= 11 is 0. The molecular weight excluding hydrogens is 366 g/mol. The first-order valence-corrected chi connectivity index (χ1v) is 9.16. The molecule has 0 aliphatic rings. The number of carboxylic acids is 1. The molecule has 28 heavy (non-hydrogen) atoms. The Kier molecular flexibility index (Phi) is 9.97. The third-order valence-corrected chi connectivity index (χ3v) is 4.00. The Morgan fingerprint density at radius 3 is 2.25 bits per heavy atom. The molecule has 0 saturated heterocycles. The highest BCUT2D eigenvalue weighted by molar-refractivity contribution is 5.88. The number of hydrogen-bond acceptors (Lipinski definition) is 6. The third kappa shape index (κ3) is 8.83. The van der Waals surface area contributed by atoms with E-state index < -0.39 is 30.1 Å². The van der Waals surface area contributed by atoms with Gasteiger partial charge in [0, 0.05) is 18.5 Å². The lowest BCUT2D eigenvalue weighted by Gasteiger charge is -2.23. The van der Waals surface area contributed by atoms with Crippen molar-refractivity contribution < 1.29 is 29.7 Å². The summed E-state index contributed by atoms with van der Waals surface area (Å²) in [6.45, 7) is 3.41. The lowest BCUT2D eigenvalue weighted by Crippen LogP contribution is -2.51. The van der Waals surface area contributed by atoms with Gasteiger partial charge in [0.2, 0.25) is 11.8 Å². The number of aliphatic carboxylic acids is 1. The van der Waals surface area contributed by atoms with E-state index in [0.29, 0.717) is 5.69 Å². The molecule has 0 aliphatic carbocycles. The van der Waals surface area contributed by atoms with Gasteiger partial charge in [-0.25, -0.2) is 0 Å². The van der Waals surface area contributed by atoms with Crippen molar-refractivity contribution in [3.63, 3.8) is 0 Å². The predicted octanol–water partition coefficient (Wildman–Crippen LogP) is 0.421. The molecule has 0 aliphatic heterocycles. The summed E-state index contributed by atoms with van der Waals surface area (Å²) < 4.78 is 0. The fourth-order valence-electron chi connectivity index (χ4n) is 2.44. The Bertz CT molecular complexity index is 648. The van der Waals surface area contributed by atoms with Crippen LogP contribution >= 0.6 is 0 Å². The highest BCUT2D eigenvalue weighted by Crippen LogP contribution is 2.10. The quantitative estimate of drug-likeness (QED) is 0.281. The van der Waals surface area contributed by atoms with Crippen molar-refractivity contribution in [3.8, 4) is 0 Å². The molecule has 9 nitrogen and oxygen atoms in total. The van der Waals surface area contributed by atoms with Gasteiger partial charge in [-0.05, 0) is 30.0 Å². The molecule has 1 aromatic carbocycles. The fourth-order valence-corrected chi connectivity index (χ4v) is 2.44. The number of aliphatic hydroxyl groups is 2. The number of rotatable bonds is 12. The molecule has 0 heterocycles. The minimum Gasteiger partial charge on any atom is -0.481 e. The molecule has 0 aromatic heterocycles. The normalized spacial score (nSPS) is 12.9. The van der Waals surface area contributed by atoms with Crippen LogP contribution in [0.25, 0.3) is 0 Å². The second-order valence-corrected chi connectivity index (χ2v) is 6.80. The van der Waals surface area contributed by atoms with Crippen LogP contribution in [0, 0.1) is 5.92 Å². The van der Waals surface area contributed by atoms with Gasteiger partial charge in [-0.1, -0.05) is 26.0 Å². The van der Waals surface area contributed by atoms with Crippen molar-refractivity contribution in [2.24, 2.45) is 5.92 Å². The molecule has 0 radical (unpaired) electrons. The van der Waals surface area contributed by atoms with Crippen molar-refractivity contribution in [2.45, 2.75) is 52.0 Å². The fraction of sp³-hybridized carbons (Fsp3) is 0.526. The number of hydrogen-bond donors (Lipinski definition) is 6. The molecule has 9 heteroatoms. The zero-order valence-corrected chi connectivity index (χ0v) is 16.1. The van der Waals surface area contributed by atoms with E-state index in [9.17, 15) is 19.5 Å². The first kappa shape index (κ1) is 23.4. The molecule has 2 atom stereocenters. The van der Waals surface area contributed by atoms with Crippen molar-refractivity contribution >= 4 is 23.5 Å². The van der Waals surface area contributed by atoms with E-state index >= 15 is 0 Å². The summed E-state index contributed by atoms with van der Waals surface area (Å²) in [7, 11) is 0. The SMILES string of the molecule is CC(C)[C@H](NC(=O)CCCC(=O)O)C(=O)NCC(O)Nc1ccc(CO)cc1.